The molecular weight excluding hydrogens is 330 g/mol. The Morgan fingerprint density at radius 1 is 1.38 bits per heavy atom. The van der Waals surface area contributed by atoms with E-state index in [0.29, 0.717) is 17.1 Å². The van der Waals surface area contributed by atoms with E-state index in [4.69, 9.17) is 4.74 Å². The molecule has 0 spiro atoms. The highest BCUT2D eigenvalue weighted by Gasteiger charge is 2.30. The zero-order valence-corrected chi connectivity index (χ0v) is 14.5. The Labute approximate surface area is 144 Å². The molecule has 2 heterocycles. The first kappa shape index (κ1) is 16.9. The number of methoxy groups -OCH3 is 1. The lowest BCUT2D eigenvalue weighted by molar-refractivity contribution is -0.678. The molecule has 4 N–H and O–H groups in total. The van der Waals surface area contributed by atoms with Crippen LogP contribution in [-0.4, -0.2) is 44.0 Å². The van der Waals surface area contributed by atoms with Gasteiger partial charge in [-0.1, -0.05) is 0 Å². The first-order valence-electron chi connectivity index (χ1n) is 8.24. The van der Waals surface area contributed by atoms with Crippen LogP contribution in [0.1, 0.15) is 40.1 Å². The van der Waals surface area contributed by atoms with Gasteiger partial charge in [-0.3, -0.25) is 9.59 Å². The van der Waals surface area contributed by atoms with Crippen LogP contribution in [0.5, 0.6) is 0 Å². The molecule has 1 aliphatic heterocycles. The van der Waals surface area contributed by atoms with Crippen molar-refractivity contribution in [1.82, 2.24) is 5.32 Å². The number of aryl methyl sites for hydroxylation is 1. The van der Waals surface area contributed by atoms with Crippen LogP contribution in [0.2, 0.25) is 0 Å². The van der Waals surface area contributed by atoms with Crippen LogP contribution in [0.3, 0.4) is 0 Å². The molecule has 2 amide bonds. The van der Waals surface area contributed by atoms with Gasteiger partial charge in [0.15, 0.2) is 6.04 Å². The minimum Gasteiger partial charge on any atom is -0.465 e. The van der Waals surface area contributed by atoms with Gasteiger partial charge in [-0.15, -0.1) is 11.3 Å². The van der Waals surface area contributed by atoms with Gasteiger partial charge in [-0.2, -0.15) is 0 Å². The lowest BCUT2D eigenvalue weighted by Crippen LogP contribution is -2.96. The first-order chi connectivity index (χ1) is 11.6. The summed E-state index contributed by atoms with van der Waals surface area (Å²) in [6, 6.07) is -0.407. The number of amides is 2. The quantitative estimate of drug-likeness (QED) is 0.654. The van der Waals surface area contributed by atoms with Gasteiger partial charge in [0.2, 0.25) is 5.91 Å². The van der Waals surface area contributed by atoms with Crippen molar-refractivity contribution in [3.05, 3.63) is 16.0 Å². The number of hydrogen-bond acceptors (Lipinski definition) is 5. The van der Waals surface area contributed by atoms with Crippen LogP contribution in [0.4, 0.5) is 5.00 Å². The van der Waals surface area contributed by atoms with Crippen molar-refractivity contribution in [2.45, 2.75) is 38.1 Å². The summed E-state index contributed by atoms with van der Waals surface area (Å²) in [4.78, 5) is 37.4. The second kappa shape index (κ2) is 7.31. The van der Waals surface area contributed by atoms with Crippen LogP contribution in [0.25, 0.3) is 0 Å². The van der Waals surface area contributed by atoms with E-state index >= 15 is 0 Å². The van der Waals surface area contributed by atoms with Gasteiger partial charge in [0.05, 0.1) is 32.2 Å². The summed E-state index contributed by atoms with van der Waals surface area (Å²) in [5.74, 6) is -0.779. The second-order valence-electron chi connectivity index (χ2n) is 6.08. The van der Waals surface area contributed by atoms with E-state index in [1.165, 1.54) is 18.4 Å². The number of piperazine rings is 1. The predicted octanol–water partition coefficient (Wildman–Crippen LogP) is -0.196. The third kappa shape index (κ3) is 3.44. The number of nitrogens with two attached hydrogens (primary N) is 1. The summed E-state index contributed by atoms with van der Waals surface area (Å²) in [5, 5.41) is 8.01. The standard InChI is InChI=1S/C16H21N3O4S/c1-23-16(22)13-9-4-2-3-5-11(9)24-15(13)19-12(20)8-10-14(21)18-7-6-17-10/h10,17H,2-8H2,1H3,(H,18,21)(H,19,20)/p+1/t10-/m1/s1. The fourth-order valence-electron chi connectivity index (χ4n) is 3.24. The molecule has 1 aromatic rings. The highest BCUT2D eigenvalue weighted by Crippen LogP contribution is 2.38. The van der Waals surface area contributed by atoms with Crippen LogP contribution in [-0.2, 0) is 27.2 Å². The largest absolute Gasteiger partial charge is 0.465 e. The summed E-state index contributed by atoms with van der Waals surface area (Å²) >= 11 is 1.45. The van der Waals surface area contributed by atoms with Crippen LogP contribution >= 0.6 is 11.3 Å². The zero-order chi connectivity index (χ0) is 17.1. The molecule has 0 bridgehead atoms. The van der Waals surface area contributed by atoms with E-state index in [1.807, 2.05) is 5.32 Å². The molecular formula is C16H22N3O4S+. The van der Waals surface area contributed by atoms with Gasteiger partial charge < -0.3 is 20.7 Å². The van der Waals surface area contributed by atoms with Crippen molar-refractivity contribution in [3.8, 4) is 0 Å². The zero-order valence-electron chi connectivity index (χ0n) is 13.6. The molecule has 1 aliphatic carbocycles. The van der Waals surface area contributed by atoms with Gasteiger partial charge in [-0.25, -0.2) is 4.79 Å². The number of anilines is 1. The maximum absolute atomic E-state index is 12.3. The maximum atomic E-state index is 12.3. The minimum atomic E-state index is -0.410. The van der Waals surface area contributed by atoms with Crippen molar-refractivity contribution in [3.63, 3.8) is 0 Å². The molecule has 3 rings (SSSR count). The topological polar surface area (TPSA) is 101 Å². The molecule has 1 atom stereocenters. The summed E-state index contributed by atoms with van der Waals surface area (Å²) in [5.41, 5.74) is 1.50. The maximum Gasteiger partial charge on any atom is 0.341 e. The average Bonchev–Trinajstić information content (AvgIpc) is 2.94. The molecule has 130 valence electrons. The van der Waals surface area contributed by atoms with E-state index in [0.717, 1.165) is 42.7 Å². The Morgan fingerprint density at radius 3 is 2.92 bits per heavy atom. The lowest BCUT2D eigenvalue weighted by atomic mass is 9.95. The minimum absolute atomic E-state index is 0.0923. The van der Waals surface area contributed by atoms with Crippen molar-refractivity contribution >= 4 is 34.1 Å². The molecule has 1 aromatic heterocycles. The van der Waals surface area contributed by atoms with Crippen molar-refractivity contribution < 1.29 is 24.4 Å². The summed E-state index contributed by atoms with van der Waals surface area (Å²) < 4.78 is 4.90. The molecule has 0 radical (unpaired) electrons. The molecule has 8 heteroatoms. The highest BCUT2D eigenvalue weighted by atomic mass is 32.1. The predicted molar refractivity (Wildman–Crippen MR) is 89.1 cm³/mol. The fraction of sp³-hybridized carbons (Fsp3) is 0.562. The molecule has 0 unspecified atom stereocenters. The number of esters is 1. The summed E-state index contributed by atoms with van der Waals surface area (Å²) in [7, 11) is 1.35. The van der Waals surface area contributed by atoms with Crippen LogP contribution < -0.4 is 16.0 Å². The Bertz CT molecular complexity index is 671. The Kier molecular flexibility index (Phi) is 5.15. The van der Waals surface area contributed by atoms with Gasteiger partial charge in [0, 0.05) is 4.88 Å². The van der Waals surface area contributed by atoms with E-state index < -0.39 is 12.0 Å². The van der Waals surface area contributed by atoms with Gasteiger partial charge in [-0.05, 0) is 31.2 Å². The Morgan fingerprint density at radius 2 is 2.17 bits per heavy atom. The Balaban J connectivity index is 1.76. The van der Waals surface area contributed by atoms with Crippen molar-refractivity contribution in [2.24, 2.45) is 0 Å². The van der Waals surface area contributed by atoms with Crippen LogP contribution in [0.15, 0.2) is 0 Å². The molecule has 7 nitrogen and oxygen atoms in total. The normalized spacial score (nSPS) is 20.0. The monoisotopic (exact) mass is 352 g/mol. The van der Waals surface area contributed by atoms with E-state index in [9.17, 15) is 14.4 Å². The summed E-state index contributed by atoms with van der Waals surface area (Å²) in [6.45, 7) is 1.39. The smallest absolute Gasteiger partial charge is 0.341 e. The third-order valence-electron chi connectivity index (χ3n) is 4.45. The number of rotatable bonds is 4. The molecule has 24 heavy (non-hydrogen) atoms. The third-order valence-corrected chi connectivity index (χ3v) is 5.66. The number of quaternary nitrogens is 1. The number of ether oxygens (including phenoxy) is 1. The number of nitrogens with one attached hydrogen (secondary N) is 2. The second-order valence-corrected chi connectivity index (χ2v) is 7.19. The first-order valence-corrected chi connectivity index (χ1v) is 9.05. The fourth-order valence-corrected chi connectivity index (χ4v) is 4.54. The van der Waals surface area contributed by atoms with E-state index in [-0.39, 0.29) is 18.2 Å². The summed E-state index contributed by atoms with van der Waals surface area (Å²) in [6.07, 6.45) is 4.00. The van der Waals surface area contributed by atoms with Gasteiger partial charge >= 0.3 is 5.97 Å². The number of fused-ring (bicyclic) bond motifs is 1. The lowest BCUT2D eigenvalue weighted by Gasteiger charge is -2.19. The number of hydrogen-bond donors (Lipinski definition) is 3. The number of carbonyl (C=O) groups excluding carboxylic acids is 3. The SMILES string of the molecule is COC(=O)c1c(NC(=O)C[C@H]2[NH2+]CCNC2=O)sc2c1CCCC2. The van der Waals surface area contributed by atoms with Crippen LogP contribution in [0, 0.1) is 0 Å². The van der Waals surface area contributed by atoms with E-state index in [1.54, 1.807) is 0 Å². The molecule has 1 fully saturated rings. The Hall–Kier alpha value is -1.93. The van der Waals surface area contributed by atoms with Gasteiger partial charge in [0.25, 0.3) is 5.91 Å². The highest BCUT2D eigenvalue weighted by molar-refractivity contribution is 7.17. The molecule has 0 aromatic carbocycles. The van der Waals surface area contributed by atoms with Crippen molar-refractivity contribution in [1.29, 1.82) is 0 Å². The molecule has 0 saturated carbocycles. The number of carbonyl (C=O) groups is 3. The molecule has 1 saturated heterocycles. The molecule has 2 aliphatic rings. The number of thiophene rings is 1. The van der Waals surface area contributed by atoms with Crippen molar-refractivity contribution in [2.75, 3.05) is 25.5 Å². The average molecular weight is 352 g/mol. The van der Waals surface area contributed by atoms with Gasteiger partial charge in [0.1, 0.15) is 5.00 Å². The van der Waals surface area contributed by atoms with E-state index in [2.05, 4.69) is 10.6 Å².